The van der Waals surface area contributed by atoms with Crippen LogP contribution in [0, 0.1) is 6.92 Å². The SMILES string of the molecule is Cc1cc(Br)cc2c1NC(=O)C2(C)C. The molecule has 1 aromatic rings. The number of carbonyl (C=O) groups is 1. The lowest BCUT2D eigenvalue weighted by Gasteiger charge is -2.15. The van der Waals surface area contributed by atoms with Gasteiger partial charge >= 0.3 is 0 Å². The van der Waals surface area contributed by atoms with Gasteiger partial charge in [0, 0.05) is 10.2 Å². The molecule has 0 aromatic heterocycles. The third-order valence-corrected chi connectivity index (χ3v) is 3.24. The Balaban J connectivity index is 2.71. The summed E-state index contributed by atoms with van der Waals surface area (Å²) >= 11 is 3.45. The number of rotatable bonds is 0. The van der Waals surface area contributed by atoms with Gasteiger partial charge in [0.25, 0.3) is 0 Å². The van der Waals surface area contributed by atoms with Gasteiger partial charge < -0.3 is 5.32 Å². The highest BCUT2D eigenvalue weighted by Gasteiger charge is 2.39. The first-order valence-corrected chi connectivity index (χ1v) is 5.34. The van der Waals surface area contributed by atoms with Crippen molar-refractivity contribution in [3.63, 3.8) is 0 Å². The van der Waals surface area contributed by atoms with Crippen molar-refractivity contribution in [3.05, 3.63) is 27.7 Å². The second kappa shape index (κ2) is 2.83. The number of carbonyl (C=O) groups excluding carboxylic acids is 1. The van der Waals surface area contributed by atoms with Crippen LogP contribution in [0.2, 0.25) is 0 Å². The van der Waals surface area contributed by atoms with Crippen LogP contribution in [-0.4, -0.2) is 5.91 Å². The molecule has 14 heavy (non-hydrogen) atoms. The quantitative estimate of drug-likeness (QED) is 0.757. The molecular formula is C11H12BrNO. The lowest BCUT2D eigenvalue weighted by molar-refractivity contribution is -0.119. The highest BCUT2D eigenvalue weighted by molar-refractivity contribution is 9.10. The number of aryl methyl sites for hydroxylation is 1. The highest BCUT2D eigenvalue weighted by Crippen LogP contribution is 2.40. The minimum absolute atomic E-state index is 0.0775. The average Bonchev–Trinajstić information content (AvgIpc) is 2.28. The van der Waals surface area contributed by atoms with Gasteiger partial charge in [0.1, 0.15) is 0 Å². The predicted molar refractivity (Wildman–Crippen MR) is 60.5 cm³/mol. The zero-order valence-corrected chi connectivity index (χ0v) is 10.0. The van der Waals surface area contributed by atoms with Crippen molar-refractivity contribution in [2.75, 3.05) is 5.32 Å². The van der Waals surface area contributed by atoms with Crippen LogP contribution in [-0.2, 0) is 10.2 Å². The van der Waals surface area contributed by atoms with Crippen LogP contribution in [0.4, 0.5) is 5.69 Å². The third kappa shape index (κ3) is 1.19. The van der Waals surface area contributed by atoms with E-state index in [0.29, 0.717) is 0 Å². The van der Waals surface area contributed by atoms with Crippen LogP contribution in [0.5, 0.6) is 0 Å². The van der Waals surface area contributed by atoms with Crippen LogP contribution >= 0.6 is 15.9 Å². The van der Waals surface area contributed by atoms with Gasteiger partial charge in [-0.05, 0) is 44.0 Å². The minimum atomic E-state index is -0.413. The molecular weight excluding hydrogens is 242 g/mol. The molecule has 0 fully saturated rings. The van der Waals surface area contributed by atoms with Crippen LogP contribution in [0.25, 0.3) is 0 Å². The molecule has 0 radical (unpaired) electrons. The lowest BCUT2D eigenvalue weighted by Crippen LogP contribution is -2.26. The Morgan fingerprint density at radius 3 is 2.64 bits per heavy atom. The summed E-state index contributed by atoms with van der Waals surface area (Å²) in [6.45, 7) is 5.89. The van der Waals surface area contributed by atoms with Crippen molar-refractivity contribution in [2.24, 2.45) is 0 Å². The van der Waals surface area contributed by atoms with Crippen molar-refractivity contribution in [1.29, 1.82) is 0 Å². The van der Waals surface area contributed by atoms with E-state index < -0.39 is 5.41 Å². The average molecular weight is 254 g/mol. The molecule has 0 bridgehead atoms. The third-order valence-electron chi connectivity index (χ3n) is 2.78. The van der Waals surface area contributed by atoms with Crippen LogP contribution < -0.4 is 5.32 Å². The van der Waals surface area contributed by atoms with E-state index in [1.807, 2.05) is 32.9 Å². The summed E-state index contributed by atoms with van der Waals surface area (Å²) in [6, 6.07) is 4.03. The molecule has 1 aliphatic heterocycles. The van der Waals surface area contributed by atoms with Crippen LogP contribution in [0.1, 0.15) is 25.0 Å². The van der Waals surface area contributed by atoms with Gasteiger partial charge in [-0.1, -0.05) is 15.9 Å². The first-order chi connectivity index (χ1) is 6.43. The van der Waals surface area contributed by atoms with E-state index in [0.717, 1.165) is 21.3 Å². The van der Waals surface area contributed by atoms with Crippen molar-refractivity contribution in [1.82, 2.24) is 0 Å². The smallest absolute Gasteiger partial charge is 0.234 e. The fourth-order valence-corrected chi connectivity index (χ4v) is 2.37. The molecule has 1 amide bonds. The summed E-state index contributed by atoms with van der Waals surface area (Å²) < 4.78 is 1.03. The van der Waals surface area contributed by atoms with Gasteiger partial charge in [0.2, 0.25) is 5.91 Å². The van der Waals surface area contributed by atoms with E-state index in [1.165, 1.54) is 0 Å². The fourth-order valence-electron chi connectivity index (χ4n) is 1.79. The zero-order chi connectivity index (χ0) is 10.5. The maximum atomic E-state index is 11.7. The molecule has 1 N–H and O–H groups in total. The standard InChI is InChI=1S/C11H12BrNO/c1-6-4-7(12)5-8-9(6)13-10(14)11(8,2)3/h4-5H,1-3H3,(H,13,14). The number of hydrogen-bond acceptors (Lipinski definition) is 1. The molecule has 0 unspecified atom stereocenters. The van der Waals surface area contributed by atoms with E-state index in [1.54, 1.807) is 0 Å². The molecule has 2 rings (SSSR count). The largest absolute Gasteiger partial charge is 0.325 e. The van der Waals surface area contributed by atoms with Gasteiger partial charge in [0.15, 0.2) is 0 Å². The van der Waals surface area contributed by atoms with Crippen molar-refractivity contribution in [2.45, 2.75) is 26.2 Å². The van der Waals surface area contributed by atoms with E-state index in [9.17, 15) is 4.79 Å². The maximum Gasteiger partial charge on any atom is 0.234 e. The summed E-state index contributed by atoms with van der Waals surface area (Å²) in [6.07, 6.45) is 0. The van der Waals surface area contributed by atoms with Gasteiger partial charge in [-0.2, -0.15) is 0 Å². The predicted octanol–water partition coefficient (Wildman–Crippen LogP) is 2.99. The Morgan fingerprint density at radius 2 is 2.00 bits per heavy atom. The number of hydrogen-bond donors (Lipinski definition) is 1. The van der Waals surface area contributed by atoms with Gasteiger partial charge in [-0.15, -0.1) is 0 Å². The number of nitrogens with one attached hydrogen (secondary N) is 1. The molecule has 0 saturated heterocycles. The summed E-state index contributed by atoms with van der Waals surface area (Å²) in [5.74, 6) is 0.0775. The molecule has 3 heteroatoms. The molecule has 0 spiro atoms. The first-order valence-electron chi connectivity index (χ1n) is 4.55. The van der Waals surface area contributed by atoms with E-state index in [-0.39, 0.29) is 5.91 Å². The lowest BCUT2D eigenvalue weighted by atomic mass is 9.85. The second-order valence-corrected chi connectivity index (χ2v) is 5.14. The minimum Gasteiger partial charge on any atom is -0.325 e. The number of benzene rings is 1. The van der Waals surface area contributed by atoms with E-state index in [4.69, 9.17) is 0 Å². The van der Waals surface area contributed by atoms with Crippen LogP contribution in [0.15, 0.2) is 16.6 Å². The molecule has 0 aliphatic carbocycles. The first kappa shape index (κ1) is 9.71. The molecule has 2 nitrogen and oxygen atoms in total. The Morgan fingerprint density at radius 1 is 1.36 bits per heavy atom. The molecule has 1 aromatic carbocycles. The molecule has 74 valence electrons. The Kier molecular flexibility index (Phi) is 1.96. The number of amides is 1. The van der Waals surface area contributed by atoms with Crippen molar-refractivity contribution < 1.29 is 4.79 Å². The fraction of sp³-hybridized carbons (Fsp3) is 0.364. The van der Waals surface area contributed by atoms with Crippen molar-refractivity contribution in [3.8, 4) is 0 Å². The number of anilines is 1. The molecule has 1 aliphatic rings. The monoisotopic (exact) mass is 253 g/mol. The van der Waals surface area contributed by atoms with Crippen LogP contribution in [0.3, 0.4) is 0 Å². The van der Waals surface area contributed by atoms with Gasteiger partial charge in [-0.25, -0.2) is 0 Å². The topological polar surface area (TPSA) is 29.1 Å². The van der Waals surface area contributed by atoms with Crippen molar-refractivity contribution >= 4 is 27.5 Å². The second-order valence-electron chi connectivity index (χ2n) is 4.22. The summed E-state index contributed by atoms with van der Waals surface area (Å²) in [7, 11) is 0. The Hall–Kier alpha value is -0.830. The zero-order valence-electron chi connectivity index (χ0n) is 8.44. The highest BCUT2D eigenvalue weighted by atomic mass is 79.9. The molecule has 0 atom stereocenters. The Bertz CT molecular complexity index is 424. The summed E-state index contributed by atoms with van der Waals surface area (Å²) in [5.41, 5.74) is 2.75. The number of halogens is 1. The normalized spacial score (nSPS) is 17.9. The van der Waals surface area contributed by atoms with Gasteiger partial charge in [0.05, 0.1) is 5.41 Å². The summed E-state index contributed by atoms with van der Waals surface area (Å²) in [5, 5.41) is 2.92. The molecule has 1 heterocycles. The molecule has 0 saturated carbocycles. The van der Waals surface area contributed by atoms with E-state index in [2.05, 4.69) is 21.2 Å². The van der Waals surface area contributed by atoms with Gasteiger partial charge in [-0.3, -0.25) is 4.79 Å². The van der Waals surface area contributed by atoms with E-state index >= 15 is 0 Å². The number of fused-ring (bicyclic) bond motifs is 1. The summed E-state index contributed by atoms with van der Waals surface area (Å²) in [4.78, 5) is 11.7. The Labute approximate surface area is 91.8 Å². The maximum absolute atomic E-state index is 11.7.